The van der Waals surface area contributed by atoms with Crippen molar-refractivity contribution in [3.05, 3.63) is 71.5 Å². The zero-order valence-electron chi connectivity index (χ0n) is 11.9. The van der Waals surface area contributed by atoms with E-state index in [9.17, 15) is 14.0 Å². The molecule has 1 N–H and O–H groups in total. The summed E-state index contributed by atoms with van der Waals surface area (Å²) < 4.78 is 17.9. The van der Waals surface area contributed by atoms with Crippen LogP contribution in [-0.2, 0) is 22.6 Å². The largest absolute Gasteiger partial charge is 0.445 e. The number of amides is 1. The zero-order chi connectivity index (χ0) is 15.8. The smallest absolute Gasteiger partial charge is 0.408 e. The van der Waals surface area contributed by atoms with Crippen LogP contribution >= 0.6 is 0 Å². The molecule has 0 spiro atoms. The van der Waals surface area contributed by atoms with Crippen LogP contribution in [0.3, 0.4) is 0 Å². The minimum atomic E-state index is -0.714. The predicted octanol–water partition coefficient (Wildman–Crippen LogP) is 2.86. The molecule has 0 unspecified atom stereocenters. The van der Waals surface area contributed by atoms with Crippen molar-refractivity contribution in [2.75, 3.05) is 0 Å². The molecule has 22 heavy (non-hydrogen) atoms. The summed E-state index contributed by atoms with van der Waals surface area (Å²) in [5, 5.41) is 2.48. The number of alkyl carbamates (subject to hydrolysis) is 1. The molecule has 0 saturated carbocycles. The number of aldehydes is 1. The topological polar surface area (TPSA) is 55.4 Å². The van der Waals surface area contributed by atoms with Crippen LogP contribution in [0.1, 0.15) is 11.1 Å². The van der Waals surface area contributed by atoms with E-state index in [0.717, 1.165) is 11.1 Å². The fourth-order valence-corrected chi connectivity index (χ4v) is 1.92. The van der Waals surface area contributed by atoms with Crippen LogP contribution in [0.2, 0.25) is 0 Å². The zero-order valence-corrected chi connectivity index (χ0v) is 11.9. The average Bonchev–Trinajstić information content (AvgIpc) is 2.55. The fourth-order valence-electron chi connectivity index (χ4n) is 1.92. The Bertz CT molecular complexity index is 614. The molecule has 0 saturated heterocycles. The molecule has 0 radical (unpaired) electrons. The Labute approximate surface area is 127 Å². The second-order valence-electron chi connectivity index (χ2n) is 4.78. The van der Waals surface area contributed by atoms with Gasteiger partial charge in [0.15, 0.2) is 0 Å². The Hall–Kier alpha value is -2.69. The molecule has 2 aromatic rings. The van der Waals surface area contributed by atoms with Gasteiger partial charge in [0.05, 0.1) is 6.04 Å². The SMILES string of the molecule is O=C[C@@H](Cc1ccc(F)cc1)NC(=O)OCc1ccccc1. The number of halogens is 1. The molecule has 1 atom stereocenters. The third-order valence-electron chi connectivity index (χ3n) is 3.05. The first-order valence-electron chi connectivity index (χ1n) is 6.84. The van der Waals surface area contributed by atoms with Gasteiger partial charge in [-0.05, 0) is 29.7 Å². The van der Waals surface area contributed by atoms with E-state index >= 15 is 0 Å². The van der Waals surface area contributed by atoms with Crippen LogP contribution in [0.5, 0.6) is 0 Å². The van der Waals surface area contributed by atoms with Gasteiger partial charge in [-0.3, -0.25) is 0 Å². The van der Waals surface area contributed by atoms with Crippen LogP contribution in [-0.4, -0.2) is 18.4 Å². The molecule has 4 nitrogen and oxygen atoms in total. The van der Waals surface area contributed by atoms with Crippen molar-refractivity contribution in [2.24, 2.45) is 0 Å². The first-order valence-corrected chi connectivity index (χ1v) is 6.84. The molecule has 114 valence electrons. The number of benzene rings is 2. The van der Waals surface area contributed by atoms with E-state index in [2.05, 4.69) is 5.32 Å². The first kappa shape index (κ1) is 15.7. The van der Waals surface area contributed by atoms with Gasteiger partial charge >= 0.3 is 6.09 Å². The molecule has 2 aromatic carbocycles. The van der Waals surface area contributed by atoms with E-state index in [1.807, 2.05) is 30.3 Å². The lowest BCUT2D eigenvalue weighted by Gasteiger charge is -2.13. The third-order valence-corrected chi connectivity index (χ3v) is 3.05. The Morgan fingerprint density at radius 2 is 1.77 bits per heavy atom. The number of hydrogen-bond acceptors (Lipinski definition) is 3. The first-order chi connectivity index (χ1) is 10.7. The Morgan fingerprint density at radius 3 is 2.41 bits per heavy atom. The summed E-state index contributed by atoms with van der Waals surface area (Å²) in [6.07, 6.45) is 0.250. The van der Waals surface area contributed by atoms with E-state index in [4.69, 9.17) is 4.74 Å². The van der Waals surface area contributed by atoms with Gasteiger partial charge in [0.1, 0.15) is 18.7 Å². The summed E-state index contributed by atoms with van der Waals surface area (Å²) in [6.45, 7) is 0.134. The predicted molar refractivity (Wildman–Crippen MR) is 79.7 cm³/mol. The van der Waals surface area contributed by atoms with Crippen molar-refractivity contribution < 1.29 is 18.7 Å². The molecule has 1 amide bonds. The maximum Gasteiger partial charge on any atom is 0.408 e. The van der Waals surface area contributed by atoms with Crippen LogP contribution in [0.25, 0.3) is 0 Å². The summed E-state index contributed by atoms with van der Waals surface area (Å²) in [6, 6.07) is 14.3. The van der Waals surface area contributed by atoms with E-state index in [0.29, 0.717) is 6.29 Å². The van der Waals surface area contributed by atoms with Crippen molar-refractivity contribution in [1.82, 2.24) is 5.32 Å². The van der Waals surface area contributed by atoms with Crippen LogP contribution < -0.4 is 5.32 Å². The Morgan fingerprint density at radius 1 is 1.09 bits per heavy atom. The molecule has 0 aliphatic heterocycles. The summed E-state index contributed by atoms with van der Waals surface area (Å²) in [7, 11) is 0. The van der Waals surface area contributed by atoms with Gasteiger partial charge < -0.3 is 14.8 Å². The molecule has 0 heterocycles. The standard InChI is InChI=1S/C17H16FNO3/c18-15-8-6-13(7-9-15)10-16(11-20)19-17(21)22-12-14-4-2-1-3-5-14/h1-9,11,16H,10,12H2,(H,19,21)/t16-/m1/s1. The molecule has 0 aliphatic rings. The maximum absolute atomic E-state index is 12.8. The highest BCUT2D eigenvalue weighted by molar-refractivity contribution is 5.73. The highest BCUT2D eigenvalue weighted by Crippen LogP contribution is 2.06. The van der Waals surface area contributed by atoms with Gasteiger partial charge in [0, 0.05) is 0 Å². The molecule has 0 bridgehead atoms. The number of ether oxygens (including phenoxy) is 1. The Kier molecular flexibility index (Phi) is 5.65. The van der Waals surface area contributed by atoms with Crippen LogP contribution in [0.15, 0.2) is 54.6 Å². The molecular weight excluding hydrogens is 285 g/mol. The molecule has 2 rings (SSSR count). The van der Waals surface area contributed by atoms with Crippen molar-refractivity contribution >= 4 is 12.4 Å². The lowest BCUT2D eigenvalue weighted by Crippen LogP contribution is -2.37. The Balaban J connectivity index is 1.83. The summed E-state index contributed by atoms with van der Waals surface area (Å²) in [5.74, 6) is -0.346. The maximum atomic E-state index is 12.8. The molecule has 5 heteroatoms. The van der Waals surface area contributed by atoms with Gasteiger partial charge in [0.2, 0.25) is 0 Å². The summed E-state index contributed by atoms with van der Waals surface area (Å²) in [4.78, 5) is 22.7. The van der Waals surface area contributed by atoms with E-state index in [1.165, 1.54) is 12.1 Å². The highest BCUT2D eigenvalue weighted by atomic mass is 19.1. The van der Waals surface area contributed by atoms with Gasteiger partial charge in [-0.25, -0.2) is 9.18 Å². The molecular formula is C17H16FNO3. The normalized spacial score (nSPS) is 11.5. The highest BCUT2D eigenvalue weighted by Gasteiger charge is 2.13. The number of rotatable bonds is 6. The minimum absolute atomic E-state index is 0.134. The van der Waals surface area contributed by atoms with E-state index < -0.39 is 12.1 Å². The fraction of sp³-hybridized carbons (Fsp3) is 0.176. The van der Waals surface area contributed by atoms with Crippen LogP contribution in [0, 0.1) is 5.82 Å². The second-order valence-corrected chi connectivity index (χ2v) is 4.78. The van der Waals surface area contributed by atoms with E-state index in [-0.39, 0.29) is 18.8 Å². The summed E-state index contributed by atoms with van der Waals surface area (Å²) >= 11 is 0. The quantitative estimate of drug-likeness (QED) is 0.835. The van der Waals surface area contributed by atoms with Gasteiger partial charge in [0.25, 0.3) is 0 Å². The van der Waals surface area contributed by atoms with E-state index in [1.54, 1.807) is 12.1 Å². The molecule has 0 fully saturated rings. The number of hydrogen-bond donors (Lipinski definition) is 1. The van der Waals surface area contributed by atoms with Crippen molar-refractivity contribution in [1.29, 1.82) is 0 Å². The van der Waals surface area contributed by atoms with Crippen molar-refractivity contribution in [2.45, 2.75) is 19.1 Å². The monoisotopic (exact) mass is 301 g/mol. The third kappa shape index (κ3) is 5.01. The number of carbonyl (C=O) groups excluding carboxylic acids is 2. The number of nitrogens with one attached hydrogen (secondary N) is 1. The lowest BCUT2D eigenvalue weighted by atomic mass is 10.1. The molecule has 0 aliphatic carbocycles. The number of carbonyl (C=O) groups is 2. The summed E-state index contributed by atoms with van der Waals surface area (Å²) in [5.41, 5.74) is 1.61. The van der Waals surface area contributed by atoms with Gasteiger partial charge in [-0.1, -0.05) is 42.5 Å². The van der Waals surface area contributed by atoms with Gasteiger partial charge in [-0.2, -0.15) is 0 Å². The van der Waals surface area contributed by atoms with Gasteiger partial charge in [-0.15, -0.1) is 0 Å². The van der Waals surface area contributed by atoms with Crippen LogP contribution in [0.4, 0.5) is 9.18 Å². The minimum Gasteiger partial charge on any atom is -0.445 e. The van der Waals surface area contributed by atoms with Crippen molar-refractivity contribution in [3.63, 3.8) is 0 Å². The lowest BCUT2D eigenvalue weighted by molar-refractivity contribution is -0.109. The average molecular weight is 301 g/mol. The molecule has 0 aromatic heterocycles. The second kappa shape index (κ2) is 7.93. The van der Waals surface area contributed by atoms with Crippen molar-refractivity contribution in [3.8, 4) is 0 Å².